The molecule has 0 saturated carbocycles. The summed E-state index contributed by atoms with van der Waals surface area (Å²) in [5, 5.41) is 15.0. The molecule has 12 heteroatoms. The average molecular weight is 503 g/mol. The fraction of sp³-hybridized carbons (Fsp3) is 0.227. The summed E-state index contributed by atoms with van der Waals surface area (Å²) in [6.45, 7) is 3.74. The maximum atomic E-state index is 14.8. The summed E-state index contributed by atoms with van der Waals surface area (Å²) in [5.74, 6) is 0.784. The molecular formula is C22H23FN6O3S2. The lowest BCUT2D eigenvalue weighted by atomic mass is 10.0. The maximum Gasteiger partial charge on any atom is 0.176 e. The smallest absolute Gasteiger partial charge is 0.176 e. The van der Waals surface area contributed by atoms with Crippen molar-refractivity contribution in [1.82, 2.24) is 25.0 Å². The van der Waals surface area contributed by atoms with E-state index in [4.69, 9.17) is 9.72 Å². The Bertz CT molecular complexity index is 1480. The summed E-state index contributed by atoms with van der Waals surface area (Å²) < 4.78 is 45.8. The molecular weight excluding hydrogens is 479 g/mol. The molecule has 34 heavy (non-hydrogen) atoms. The number of aryl methyl sites for hydroxylation is 2. The van der Waals surface area contributed by atoms with Crippen molar-refractivity contribution in [1.29, 1.82) is 0 Å². The summed E-state index contributed by atoms with van der Waals surface area (Å²) in [5.41, 5.74) is 3.17. The molecule has 0 radical (unpaired) electrons. The van der Waals surface area contributed by atoms with E-state index in [1.807, 2.05) is 33.2 Å². The number of halogens is 1. The minimum Gasteiger partial charge on any atom is -0.492 e. The highest BCUT2D eigenvalue weighted by molar-refractivity contribution is 7.99. The zero-order valence-electron chi connectivity index (χ0n) is 19.2. The zero-order chi connectivity index (χ0) is 24.6. The first-order valence-corrected chi connectivity index (χ1v) is 12.8. The number of aromatic amines is 1. The van der Waals surface area contributed by atoms with Crippen LogP contribution >= 0.6 is 11.8 Å². The highest BCUT2D eigenvalue weighted by Gasteiger charge is 2.23. The van der Waals surface area contributed by atoms with Crippen LogP contribution in [0.5, 0.6) is 5.75 Å². The van der Waals surface area contributed by atoms with E-state index in [2.05, 4.69) is 20.6 Å². The average Bonchev–Trinajstić information content (AvgIpc) is 3.38. The van der Waals surface area contributed by atoms with Crippen LogP contribution in [-0.4, -0.2) is 46.7 Å². The molecule has 0 bridgehead atoms. The molecule has 0 aliphatic carbocycles. The molecule has 1 aromatic carbocycles. The van der Waals surface area contributed by atoms with Gasteiger partial charge in [0.15, 0.2) is 27.2 Å². The van der Waals surface area contributed by atoms with Crippen LogP contribution in [0.1, 0.15) is 11.3 Å². The second kappa shape index (κ2) is 9.11. The van der Waals surface area contributed by atoms with Crippen LogP contribution in [0.3, 0.4) is 0 Å². The summed E-state index contributed by atoms with van der Waals surface area (Å²) in [6.07, 6.45) is 4.60. The Morgan fingerprint density at radius 3 is 2.56 bits per heavy atom. The van der Waals surface area contributed by atoms with E-state index in [1.165, 1.54) is 12.1 Å². The molecule has 0 fully saturated rings. The van der Waals surface area contributed by atoms with Crippen LogP contribution < -0.4 is 10.1 Å². The fourth-order valence-corrected chi connectivity index (χ4v) is 4.94. The number of benzene rings is 1. The van der Waals surface area contributed by atoms with Gasteiger partial charge in [-0.05, 0) is 37.6 Å². The summed E-state index contributed by atoms with van der Waals surface area (Å²) in [7, 11) is -0.161. The molecule has 0 spiro atoms. The van der Waals surface area contributed by atoms with Gasteiger partial charge in [-0.25, -0.2) is 17.8 Å². The van der Waals surface area contributed by atoms with Gasteiger partial charge in [0, 0.05) is 47.3 Å². The molecule has 178 valence electrons. The van der Waals surface area contributed by atoms with Gasteiger partial charge >= 0.3 is 0 Å². The minimum absolute atomic E-state index is 0.0823. The fourth-order valence-electron chi connectivity index (χ4n) is 3.42. The van der Waals surface area contributed by atoms with Gasteiger partial charge in [0.25, 0.3) is 0 Å². The topological polar surface area (TPSA) is 115 Å². The molecule has 0 unspecified atom stereocenters. The van der Waals surface area contributed by atoms with E-state index >= 15 is 0 Å². The molecule has 0 aliphatic heterocycles. The van der Waals surface area contributed by atoms with Crippen molar-refractivity contribution in [2.45, 2.75) is 28.7 Å². The van der Waals surface area contributed by atoms with Crippen molar-refractivity contribution in [3.8, 4) is 16.9 Å². The number of pyridine rings is 1. The first-order chi connectivity index (χ1) is 16.1. The number of hydrogen-bond donors (Lipinski definition) is 2. The Labute approximate surface area is 200 Å². The molecule has 3 aromatic heterocycles. The predicted molar refractivity (Wildman–Crippen MR) is 128 cm³/mol. The summed E-state index contributed by atoms with van der Waals surface area (Å²) in [6, 6.07) is 5.66. The second-order valence-corrected chi connectivity index (χ2v) is 10.8. The third-order valence-corrected chi connectivity index (χ3v) is 7.29. The largest absolute Gasteiger partial charge is 0.492 e. The van der Waals surface area contributed by atoms with E-state index in [1.54, 1.807) is 18.0 Å². The van der Waals surface area contributed by atoms with Gasteiger partial charge in [-0.2, -0.15) is 10.2 Å². The van der Waals surface area contributed by atoms with E-state index in [0.717, 1.165) is 46.5 Å². The molecule has 0 aliphatic rings. The Kier molecular flexibility index (Phi) is 6.36. The van der Waals surface area contributed by atoms with Crippen molar-refractivity contribution >= 4 is 33.2 Å². The number of aromatic nitrogens is 5. The minimum atomic E-state index is -3.52. The van der Waals surface area contributed by atoms with Gasteiger partial charge in [-0.3, -0.25) is 9.78 Å². The van der Waals surface area contributed by atoms with Crippen LogP contribution in [0.2, 0.25) is 0 Å². The maximum absolute atomic E-state index is 14.8. The normalized spacial score (nSPS) is 11.6. The highest BCUT2D eigenvalue weighted by Crippen LogP contribution is 2.44. The van der Waals surface area contributed by atoms with Crippen molar-refractivity contribution in [3.05, 3.63) is 53.7 Å². The highest BCUT2D eigenvalue weighted by atomic mass is 32.2. The van der Waals surface area contributed by atoms with Gasteiger partial charge in [-0.1, -0.05) is 11.8 Å². The van der Waals surface area contributed by atoms with Crippen LogP contribution in [0.25, 0.3) is 11.1 Å². The monoisotopic (exact) mass is 502 g/mol. The molecule has 4 aromatic rings. The zero-order valence-corrected chi connectivity index (χ0v) is 20.8. The third kappa shape index (κ3) is 4.77. The molecule has 0 atom stereocenters. The molecule has 2 N–H and O–H groups in total. The first-order valence-electron chi connectivity index (χ1n) is 10.1. The molecule has 0 saturated heterocycles. The van der Waals surface area contributed by atoms with Gasteiger partial charge in [0.1, 0.15) is 10.8 Å². The standard InChI is InChI=1S/C22H23FN6O3S2/c1-12-8-18(28-27-12)25-21-20(32-4)19(14-10-24-29(3)11-14)13(2)22(26-21)33-17-7-6-15(9-16(17)23)34(5,30)31/h6-11H,1-5H3,(H2,25,26,27,28). The Balaban J connectivity index is 1.86. The van der Waals surface area contributed by atoms with Crippen LogP contribution in [0.15, 0.2) is 51.5 Å². The number of H-pyrrole nitrogens is 1. The lowest BCUT2D eigenvalue weighted by molar-refractivity contribution is 0.416. The van der Waals surface area contributed by atoms with E-state index in [9.17, 15) is 12.8 Å². The Morgan fingerprint density at radius 2 is 2.00 bits per heavy atom. The SMILES string of the molecule is COc1c(Nc2cc(C)[nH]n2)nc(Sc2ccc(S(C)(=O)=O)cc2F)c(C)c1-c1cnn(C)c1. The molecule has 3 heterocycles. The molecule has 0 amide bonds. The van der Waals surface area contributed by atoms with Crippen LogP contribution in [-0.2, 0) is 16.9 Å². The van der Waals surface area contributed by atoms with Crippen molar-refractivity contribution in [3.63, 3.8) is 0 Å². The number of ether oxygens (including phenoxy) is 1. The number of anilines is 2. The number of nitrogens with one attached hydrogen (secondary N) is 2. The molecule has 4 rings (SSSR count). The van der Waals surface area contributed by atoms with Crippen LogP contribution in [0, 0.1) is 19.7 Å². The molecule has 9 nitrogen and oxygen atoms in total. The van der Waals surface area contributed by atoms with E-state index in [0.29, 0.717) is 22.4 Å². The number of hydrogen-bond acceptors (Lipinski definition) is 8. The van der Waals surface area contributed by atoms with E-state index in [-0.39, 0.29) is 9.79 Å². The van der Waals surface area contributed by atoms with Gasteiger partial charge in [0.2, 0.25) is 0 Å². The van der Waals surface area contributed by atoms with Crippen molar-refractivity contribution in [2.75, 3.05) is 18.7 Å². The van der Waals surface area contributed by atoms with Crippen molar-refractivity contribution < 1.29 is 17.5 Å². The quantitative estimate of drug-likeness (QED) is 0.385. The Hall–Kier alpha value is -3.38. The third-order valence-electron chi connectivity index (χ3n) is 5.04. The van der Waals surface area contributed by atoms with Crippen LogP contribution in [0.4, 0.5) is 16.0 Å². The Morgan fingerprint density at radius 1 is 1.24 bits per heavy atom. The lowest BCUT2D eigenvalue weighted by Crippen LogP contribution is -2.04. The summed E-state index contributed by atoms with van der Waals surface area (Å²) in [4.78, 5) is 4.87. The van der Waals surface area contributed by atoms with Crippen molar-refractivity contribution in [2.24, 2.45) is 7.05 Å². The number of sulfone groups is 1. The summed E-state index contributed by atoms with van der Waals surface area (Å²) >= 11 is 1.09. The number of methoxy groups -OCH3 is 1. The van der Waals surface area contributed by atoms with Gasteiger partial charge in [0.05, 0.1) is 18.2 Å². The predicted octanol–water partition coefficient (Wildman–Crippen LogP) is 4.27. The second-order valence-electron chi connectivity index (χ2n) is 7.73. The van der Waals surface area contributed by atoms with Gasteiger partial charge in [-0.15, -0.1) is 0 Å². The number of nitrogens with zero attached hydrogens (tertiary/aromatic N) is 4. The lowest BCUT2D eigenvalue weighted by Gasteiger charge is -2.18. The van der Waals surface area contributed by atoms with E-state index < -0.39 is 15.7 Å². The van der Waals surface area contributed by atoms with Gasteiger partial charge < -0.3 is 10.1 Å². The number of rotatable bonds is 7. The first kappa shape index (κ1) is 23.8.